The fourth-order valence-corrected chi connectivity index (χ4v) is 3.48. The minimum atomic E-state index is -0.435. The molecule has 0 spiro atoms. The van der Waals surface area contributed by atoms with Gasteiger partial charge in [-0.25, -0.2) is 0 Å². The van der Waals surface area contributed by atoms with Gasteiger partial charge in [-0.3, -0.25) is 0 Å². The predicted molar refractivity (Wildman–Crippen MR) is 92.6 cm³/mol. The Kier molecular flexibility index (Phi) is 3.70. The summed E-state index contributed by atoms with van der Waals surface area (Å²) in [5, 5.41) is 9.67. The van der Waals surface area contributed by atoms with Crippen LogP contribution in [0.3, 0.4) is 0 Å². The van der Waals surface area contributed by atoms with Crippen molar-refractivity contribution < 1.29 is 18.9 Å². The van der Waals surface area contributed by atoms with Gasteiger partial charge < -0.3 is 24.7 Å². The minimum Gasteiger partial charge on any atom is -0.496 e. The molecule has 0 fully saturated rings. The molecule has 1 atom stereocenters. The highest BCUT2D eigenvalue weighted by Gasteiger charge is 2.34. The van der Waals surface area contributed by atoms with Crippen LogP contribution in [0.15, 0.2) is 46.3 Å². The van der Waals surface area contributed by atoms with Crippen molar-refractivity contribution in [1.82, 2.24) is 0 Å². The van der Waals surface area contributed by atoms with Crippen molar-refractivity contribution in [2.45, 2.75) is 5.92 Å². The van der Waals surface area contributed by atoms with E-state index in [-0.39, 0.29) is 12.7 Å². The van der Waals surface area contributed by atoms with E-state index in [0.29, 0.717) is 28.6 Å². The zero-order chi connectivity index (χ0) is 17.6. The maximum Gasteiger partial charge on any atom is 0.231 e. The van der Waals surface area contributed by atoms with Gasteiger partial charge in [-0.1, -0.05) is 15.9 Å². The van der Waals surface area contributed by atoms with E-state index in [1.165, 1.54) is 0 Å². The van der Waals surface area contributed by atoms with Crippen molar-refractivity contribution in [2.75, 3.05) is 13.9 Å². The van der Waals surface area contributed by atoms with Crippen LogP contribution in [0.4, 0.5) is 0 Å². The number of benzene rings is 2. The zero-order valence-corrected chi connectivity index (χ0v) is 14.8. The Morgan fingerprint density at radius 2 is 1.92 bits per heavy atom. The van der Waals surface area contributed by atoms with E-state index in [4.69, 9.17) is 24.7 Å². The Labute approximate surface area is 152 Å². The summed E-state index contributed by atoms with van der Waals surface area (Å²) >= 11 is 3.48. The first-order valence-corrected chi connectivity index (χ1v) is 8.26. The standard InChI is InChI=1S/C18H13BrN2O4/c1-22-13-3-2-9(19)4-10(13)17-11-5-15-16(24-8-23-15)6-14(11)25-18(21)12(17)7-20/h2-6,17H,8,21H2,1H3/t17-/m0/s1. The minimum absolute atomic E-state index is 0.0703. The Balaban J connectivity index is 1.98. The fourth-order valence-electron chi connectivity index (χ4n) is 3.10. The van der Waals surface area contributed by atoms with E-state index >= 15 is 0 Å². The first-order chi connectivity index (χ1) is 12.1. The zero-order valence-electron chi connectivity index (χ0n) is 13.2. The van der Waals surface area contributed by atoms with Gasteiger partial charge in [-0.05, 0) is 24.3 Å². The van der Waals surface area contributed by atoms with Gasteiger partial charge >= 0.3 is 0 Å². The molecule has 6 nitrogen and oxygen atoms in total. The van der Waals surface area contributed by atoms with Crippen molar-refractivity contribution in [1.29, 1.82) is 5.26 Å². The molecule has 0 saturated heterocycles. The van der Waals surface area contributed by atoms with Crippen LogP contribution < -0.4 is 24.7 Å². The molecule has 2 aliphatic heterocycles. The lowest BCUT2D eigenvalue weighted by molar-refractivity contribution is 0.174. The van der Waals surface area contributed by atoms with Crippen LogP contribution >= 0.6 is 15.9 Å². The third-order valence-electron chi connectivity index (χ3n) is 4.21. The first kappa shape index (κ1) is 15.7. The molecular formula is C18H13BrN2O4. The van der Waals surface area contributed by atoms with Crippen molar-refractivity contribution in [3.63, 3.8) is 0 Å². The lowest BCUT2D eigenvalue weighted by Crippen LogP contribution is -2.21. The summed E-state index contributed by atoms with van der Waals surface area (Å²) in [5.41, 5.74) is 7.91. The van der Waals surface area contributed by atoms with Crippen LogP contribution in [0.2, 0.25) is 0 Å². The number of fused-ring (bicyclic) bond motifs is 2. The summed E-state index contributed by atoms with van der Waals surface area (Å²) in [5.74, 6) is 2.02. The summed E-state index contributed by atoms with van der Waals surface area (Å²) in [6.07, 6.45) is 0. The molecule has 126 valence electrons. The number of nitriles is 1. The van der Waals surface area contributed by atoms with Gasteiger partial charge in [0.05, 0.1) is 13.0 Å². The van der Waals surface area contributed by atoms with Gasteiger partial charge in [0.2, 0.25) is 12.7 Å². The molecule has 2 aliphatic rings. The van der Waals surface area contributed by atoms with Crippen molar-refractivity contribution >= 4 is 15.9 Å². The quantitative estimate of drug-likeness (QED) is 0.830. The van der Waals surface area contributed by atoms with E-state index in [9.17, 15) is 5.26 Å². The Morgan fingerprint density at radius 1 is 1.16 bits per heavy atom. The number of halogens is 1. The average Bonchev–Trinajstić information content (AvgIpc) is 3.06. The van der Waals surface area contributed by atoms with Crippen LogP contribution in [-0.2, 0) is 0 Å². The Bertz CT molecular complexity index is 949. The number of methoxy groups -OCH3 is 1. The van der Waals surface area contributed by atoms with Crippen molar-refractivity contribution in [3.05, 3.63) is 57.4 Å². The van der Waals surface area contributed by atoms with Crippen LogP contribution in [0.1, 0.15) is 17.0 Å². The monoisotopic (exact) mass is 400 g/mol. The molecule has 25 heavy (non-hydrogen) atoms. The fraction of sp³-hybridized carbons (Fsp3) is 0.167. The highest BCUT2D eigenvalue weighted by Crippen LogP contribution is 2.49. The van der Waals surface area contributed by atoms with Gasteiger partial charge in [-0.2, -0.15) is 5.26 Å². The van der Waals surface area contributed by atoms with E-state index in [1.807, 2.05) is 24.3 Å². The highest BCUT2D eigenvalue weighted by molar-refractivity contribution is 9.10. The maximum absolute atomic E-state index is 9.67. The van der Waals surface area contributed by atoms with E-state index < -0.39 is 5.92 Å². The van der Waals surface area contributed by atoms with E-state index in [0.717, 1.165) is 15.6 Å². The smallest absolute Gasteiger partial charge is 0.231 e. The molecule has 2 heterocycles. The van der Waals surface area contributed by atoms with Crippen LogP contribution in [0.5, 0.6) is 23.0 Å². The number of rotatable bonds is 2. The highest BCUT2D eigenvalue weighted by atomic mass is 79.9. The van der Waals surface area contributed by atoms with Gasteiger partial charge in [0.1, 0.15) is 23.1 Å². The molecule has 0 bridgehead atoms. The Morgan fingerprint density at radius 3 is 2.64 bits per heavy atom. The second-order valence-electron chi connectivity index (χ2n) is 5.55. The number of nitrogens with two attached hydrogens (primary N) is 1. The second-order valence-corrected chi connectivity index (χ2v) is 6.47. The van der Waals surface area contributed by atoms with Crippen LogP contribution in [0.25, 0.3) is 0 Å². The molecule has 0 amide bonds. The predicted octanol–water partition coefficient (Wildman–Crippen LogP) is 3.40. The van der Waals surface area contributed by atoms with Gasteiger partial charge in [0.25, 0.3) is 0 Å². The SMILES string of the molecule is COc1ccc(Br)cc1[C@@H]1C(C#N)=C(N)Oc2cc3c(cc21)OCO3. The lowest BCUT2D eigenvalue weighted by Gasteiger charge is -2.27. The molecule has 2 N–H and O–H groups in total. The average molecular weight is 401 g/mol. The van der Waals surface area contributed by atoms with Crippen LogP contribution in [-0.4, -0.2) is 13.9 Å². The molecule has 0 unspecified atom stereocenters. The van der Waals surface area contributed by atoms with Gasteiger partial charge in [-0.15, -0.1) is 0 Å². The van der Waals surface area contributed by atoms with Crippen molar-refractivity contribution in [3.8, 4) is 29.1 Å². The third kappa shape index (κ3) is 2.46. The van der Waals surface area contributed by atoms with Gasteiger partial charge in [0.15, 0.2) is 11.5 Å². The molecule has 2 aromatic carbocycles. The number of hydrogen-bond donors (Lipinski definition) is 1. The lowest BCUT2D eigenvalue weighted by atomic mass is 9.83. The number of allylic oxidation sites excluding steroid dienone is 1. The van der Waals surface area contributed by atoms with Crippen molar-refractivity contribution in [2.24, 2.45) is 5.73 Å². The molecular weight excluding hydrogens is 388 g/mol. The van der Waals surface area contributed by atoms with Gasteiger partial charge in [0, 0.05) is 21.7 Å². The molecule has 2 aromatic rings. The normalized spacial score (nSPS) is 17.6. The largest absolute Gasteiger partial charge is 0.496 e. The first-order valence-electron chi connectivity index (χ1n) is 7.47. The number of hydrogen-bond acceptors (Lipinski definition) is 6. The summed E-state index contributed by atoms with van der Waals surface area (Å²) in [6, 6.07) is 11.4. The second kappa shape index (κ2) is 5.90. The molecule has 4 rings (SSSR count). The summed E-state index contributed by atoms with van der Waals surface area (Å²) in [6.45, 7) is 0.150. The number of nitrogens with zero attached hydrogens (tertiary/aromatic N) is 1. The molecule has 0 saturated carbocycles. The van der Waals surface area contributed by atoms with E-state index in [1.54, 1.807) is 13.2 Å². The summed E-state index contributed by atoms with van der Waals surface area (Å²) in [4.78, 5) is 0. The van der Waals surface area contributed by atoms with Crippen LogP contribution in [0, 0.1) is 11.3 Å². The molecule has 7 heteroatoms. The maximum atomic E-state index is 9.67. The Hall–Kier alpha value is -2.85. The molecule has 0 aliphatic carbocycles. The topological polar surface area (TPSA) is 86.7 Å². The van der Waals surface area contributed by atoms with E-state index in [2.05, 4.69) is 22.0 Å². The number of ether oxygens (including phenoxy) is 4. The summed E-state index contributed by atoms with van der Waals surface area (Å²) in [7, 11) is 1.59. The molecule has 0 radical (unpaired) electrons. The third-order valence-corrected chi connectivity index (χ3v) is 4.71. The summed E-state index contributed by atoms with van der Waals surface area (Å²) < 4.78 is 22.9. The molecule has 0 aromatic heterocycles.